The van der Waals surface area contributed by atoms with Crippen LogP contribution in [0, 0.1) is 0 Å². The molecule has 146 valence electrons. The largest absolute Gasteiger partial charge is 0.363 e. The molecule has 0 aliphatic carbocycles. The highest BCUT2D eigenvalue weighted by molar-refractivity contribution is 7.92. The number of aromatic nitrogens is 2. The number of rotatable bonds is 7. The highest BCUT2D eigenvalue weighted by Gasteiger charge is 2.25. The molecular formula is C17H16N4O5S2. The fourth-order valence-corrected chi connectivity index (χ4v) is 4.11. The molecular weight excluding hydrogens is 404 g/mol. The second-order valence-electron chi connectivity index (χ2n) is 5.65. The maximum atomic E-state index is 12.4. The lowest BCUT2D eigenvalue weighted by Crippen LogP contribution is -2.20. The van der Waals surface area contributed by atoms with E-state index in [-0.39, 0.29) is 10.8 Å². The Morgan fingerprint density at radius 3 is 2.00 bits per heavy atom. The number of nitrogens with one attached hydrogen (secondary N) is 2. The van der Waals surface area contributed by atoms with Crippen LogP contribution in [-0.4, -0.2) is 31.4 Å². The molecule has 9 nitrogen and oxygen atoms in total. The molecule has 0 amide bonds. The van der Waals surface area contributed by atoms with Crippen molar-refractivity contribution in [3.8, 4) is 0 Å². The zero-order valence-corrected chi connectivity index (χ0v) is 15.9. The highest BCUT2D eigenvalue weighted by Crippen LogP contribution is 2.25. The molecule has 0 fully saturated rings. The summed E-state index contributed by atoms with van der Waals surface area (Å²) < 4.78 is 60.0. The molecule has 0 aliphatic heterocycles. The Morgan fingerprint density at radius 2 is 1.43 bits per heavy atom. The molecule has 1 atom stereocenters. The molecule has 0 saturated carbocycles. The summed E-state index contributed by atoms with van der Waals surface area (Å²) in [5, 5.41) is 1.29. The summed E-state index contributed by atoms with van der Waals surface area (Å²) in [6, 6.07) is 15.0. The Bertz CT molecular complexity index is 1140. The van der Waals surface area contributed by atoms with Gasteiger partial charge < -0.3 is 5.32 Å². The van der Waals surface area contributed by atoms with E-state index >= 15 is 0 Å². The van der Waals surface area contributed by atoms with E-state index in [0.717, 1.165) is 0 Å². The van der Waals surface area contributed by atoms with Gasteiger partial charge in [0.2, 0.25) is 5.95 Å². The smallest absolute Gasteiger partial charge is 0.290 e. The predicted octanol–water partition coefficient (Wildman–Crippen LogP) is 2.28. The maximum Gasteiger partial charge on any atom is 0.290 e. The van der Waals surface area contributed by atoms with Gasteiger partial charge in [0.25, 0.3) is 20.1 Å². The molecule has 3 N–H and O–H groups in total. The van der Waals surface area contributed by atoms with Crippen LogP contribution in [0.2, 0.25) is 0 Å². The van der Waals surface area contributed by atoms with Crippen molar-refractivity contribution in [1.82, 2.24) is 9.97 Å². The van der Waals surface area contributed by atoms with Crippen LogP contribution in [0.4, 0.5) is 11.6 Å². The molecule has 1 heterocycles. The quantitative estimate of drug-likeness (QED) is 0.495. The normalized spacial score (nSPS) is 12.9. The first-order chi connectivity index (χ1) is 13.3. The number of benzene rings is 2. The van der Waals surface area contributed by atoms with Gasteiger partial charge in [-0.25, -0.2) is 23.1 Å². The van der Waals surface area contributed by atoms with E-state index in [1.165, 1.54) is 36.7 Å². The second-order valence-corrected chi connectivity index (χ2v) is 8.84. The first-order valence-corrected chi connectivity index (χ1v) is 10.9. The van der Waals surface area contributed by atoms with E-state index in [1.54, 1.807) is 36.4 Å². The summed E-state index contributed by atoms with van der Waals surface area (Å²) in [7, 11) is -8.36. The standard InChI is InChI=1S/C17H16N4O5S2/c22-27(23,21-17-18-11-4-12-19-17)15-9-7-14(8-10-15)20-16(28(24,25)26)13-5-2-1-3-6-13/h1-12,16,20H,(H,18,19,21)(H,24,25,26). The van der Waals surface area contributed by atoms with Crippen LogP contribution in [-0.2, 0) is 20.1 Å². The number of sulfonamides is 1. The van der Waals surface area contributed by atoms with Crippen molar-refractivity contribution in [3.63, 3.8) is 0 Å². The summed E-state index contributed by atoms with van der Waals surface area (Å²) in [6.45, 7) is 0. The van der Waals surface area contributed by atoms with Crippen LogP contribution in [0.25, 0.3) is 0 Å². The molecule has 0 saturated heterocycles. The predicted molar refractivity (Wildman–Crippen MR) is 104 cm³/mol. The minimum absolute atomic E-state index is 0.0615. The molecule has 0 aliphatic rings. The molecule has 3 aromatic rings. The molecule has 3 rings (SSSR count). The van der Waals surface area contributed by atoms with Gasteiger partial charge in [-0.15, -0.1) is 0 Å². The van der Waals surface area contributed by atoms with Crippen LogP contribution >= 0.6 is 0 Å². The van der Waals surface area contributed by atoms with Crippen LogP contribution in [0.15, 0.2) is 78.0 Å². The summed E-state index contributed by atoms with van der Waals surface area (Å²) >= 11 is 0. The lowest BCUT2D eigenvalue weighted by Gasteiger charge is -2.17. The zero-order chi connectivity index (χ0) is 20.2. The van der Waals surface area contributed by atoms with Gasteiger partial charge >= 0.3 is 0 Å². The van der Waals surface area contributed by atoms with E-state index in [0.29, 0.717) is 11.3 Å². The molecule has 28 heavy (non-hydrogen) atoms. The molecule has 0 radical (unpaired) electrons. The zero-order valence-electron chi connectivity index (χ0n) is 14.3. The van der Waals surface area contributed by atoms with Crippen molar-refractivity contribution < 1.29 is 21.4 Å². The third kappa shape index (κ3) is 4.82. The lowest BCUT2D eigenvalue weighted by atomic mass is 10.2. The molecule has 2 aromatic carbocycles. The van der Waals surface area contributed by atoms with E-state index < -0.39 is 25.5 Å². The summed E-state index contributed by atoms with van der Waals surface area (Å²) in [5.41, 5.74) is 0.644. The molecule has 0 bridgehead atoms. The van der Waals surface area contributed by atoms with Crippen molar-refractivity contribution in [2.75, 3.05) is 10.0 Å². The highest BCUT2D eigenvalue weighted by atomic mass is 32.2. The molecule has 11 heteroatoms. The summed E-state index contributed by atoms with van der Waals surface area (Å²) in [4.78, 5) is 7.54. The Labute approximate surface area is 162 Å². The van der Waals surface area contributed by atoms with Crippen LogP contribution in [0.3, 0.4) is 0 Å². The molecule has 1 aromatic heterocycles. The maximum absolute atomic E-state index is 12.4. The first-order valence-electron chi connectivity index (χ1n) is 7.93. The topological polar surface area (TPSA) is 138 Å². The van der Waals surface area contributed by atoms with Crippen molar-refractivity contribution in [2.24, 2.45) is 0 Å². The minimum Gasteiger partial charge on any atom is -0.363 e. The fourth-order valence-electron chi connectivity index (χ4n) is 2.37. The Morgan fingerprint density at radius 1 is 0.821 bits per heavy atom. The third-order valence-corrected chi connectivity index (χ3v) is 5.98. The van der Waals surface area contributed by atoms with Gasteiger partial charge in [-0.3, -0.25) is 4.55 Å². The first kappa shape index (κ1) is 19.7. The SMILES string of the molecule is O=S(=O)(Nc1ncccn1)c1ccc(NC(c2ccccc2)S(=O)(=O)O)cc1. The van der Waals surface area contributed by atoms with E-state index in [1.807, 2.05) is 0 Å². The van der Waals surface area contributed by atoms with Gasteiger partial charge in [0.15, 0.2) is 5.37 Å². The summed E-state index contributed by atoms with van der Waals surface area (Å²) in [5.74, 6) is -0.0692. The van der Waals surface area contributed by atoms with Gasteiger partial charge in [0.1, 0.15) is 0 Å². The Hall–Kier alpha value is -3.02. The van der Waals surface area contributed by atoms with E-state index in [9.17, 15) is 21.4 Å². The van der Waals surface area contributed by atoms with Gasteiger partial charge in [0.05, 0.1) is 4.90 Å². The van der Waals surface area contributed by atoms with Gasteiger partial charge in [-0.05, 0) is 35.9 Å². The van der Waals surface area contributed by atoms with Crippen molar-refractivity contribution in [3.05, 3.63) is 78.6 Å². The number of nitrogens with zero attached hydrogens (tertiary/aromatic N) is 2. The molecule has 1 unspecified atom stereocenters. The van der Waals surface area contributed by atoms with Crippen LogP contribution in [0.5, 0.6) is 0 Å². The van der Waals surface area contributed by atoms with Crippen LogP contribution < -0.4 is 10.0 Å². The van der Waals surface area contributed by atoms with Crippen LogP contribution in [0.1, 0.15) is 10.9 Å². The van der Waals surface area contributed by atoms with Crippen molar-refractivity contribution in [1.29, 1.82) is 0 Å². The third-order valence-electron chi connectivity index (χ3n) is 3.65. The van der Waals surface area contributed by atoms with Crippen molar-refractivity contribution >= 4 is 31.8 Å². The van der Waals surface area contributed by atoms with Crippen molar-refractivity contribution in [2.45, 2.75) is 10.3 Å². The average molecular weight is 420 g/mol. The second kappa shape index (κ2) is 7.92. The minimum atomic E-state index is -4.45. The van der Waals surface area contributed by atoms with Gasteiger partial charge in [-0.2, -0.15) is 8.42 Å². The van der Waals surface area contributed by atoms with Gasteiger partial charge in [-0.1, -0.05) is 30.3 Å². The average Bonchev–Trinajstić information content (AvgIpc) is 2.67. The van der Waals surface area contributed by atoms with E-state index in [4.69, 9.17) is 0 Å². The monoisotopic (exact) mass is 420 g/mol. The van der Waals surface area contributed by atoms with Gasteiger partial charge in [0, 0.05) is 18.1 Å². The fraction of sp³-hybridized carbons (Fsp3) is 0.0588. The number of hydrogen-bond acceptors (Lipinski definition) is 7. The Kier molecular flexibility index (Phi) is 5.58. The number of anilines is 2. The molecule has 0 spiro atoms. The Balaban J connectivity index is 1.82. The lowest BCUT2D eigenvalue weighted by molar-refractivity contribution is 0.473. The summed E-state index contributed by atoms with van der Waals surface area (Å²) in [6.07, 6.45) is 2.80. The number of hydrogen-bond donors (Lipinski definition) is 3. The van der Waals surface area contributed by atoms with E-state index in [2.05, 4.69) is 20.0 Å².